The maximum Gasteiger partial charge on any atom is 0.252 e. The molecule has 1 aromatic carbocycles. The molecule has 0 aromatic heterocycles. The van der Waals surface area contributed by atoms with Crippen molar-refractivity contribution in [2.24, 2.45) is 0 Å². The Morgan fingerprint density at radius 2 is 1.96 bits per heavy atom. The molecule has 134 valence electrons. The highest BCUT2D eigenvalue weighted by atomic mass is 16.5. The topological polar surface area (TPSA) is 58.6 Å². The molecule has 3 aliphatic rings. The molecular weight excluding hydrogens is 316 g/mol. The third-order valence-electron chi connectivity index (χ3n) is 5.74. The number of likely N-dealkylation sites (tertiary alicyclic amines) is 1. The fourth-order valence-corrected chi connectivity index (χ4v) is 4.40. The number of ether oxygens (including phenoxy) is 1. The summed E-state index contributed by atoms with van der Waals surface area (Å²) in [6, 6.07) is 8.03. The summed E-state index contributed by atoms with van der Waals surface area (Å²) in [5.74, 6) is -0.00285. The first kappa shape index (κ1) is 16.6. The molecular formula is C20H26N2O3. The van der Waals surface area contributed by atoms with Crippen LogP contribution in [0.15, 0.2) is 24.3 Å². The van der Waals surface area contributed by atoms with E-state index in [0.29, 0.717) is 13.2 Å². The minimum atomic E-state index is -0.349. The van der Waals surface area contributed by atoms with E-state index in [1.165, 1.54) is 11.1 Å². The summed E-state index contributed by atoms with van der Waals surface area (Å²) in [5.41, 5.74) is 2.55. The van der Waals surface area contributed by atoms with Gasteiger partial charge in [-0.1, -0.05) is 24.3 Å². The van der Waals surface area contributed by atoms with E-state index >= 15 is 0 Å². The van der Waals surface area contributed by atoms with Crippen LogP contribution in [0.3, 0.4) is 0 Å². The van der Waals surface area contributed by atoms with Crippen molar-refractivity contribution in [2.45, 2.75) is 63.1 Å². The molecule has 2 amide bonds. The summed E-state index contributed by atoms with van der Waals surface area (Å²) < 4.78 is 5.55. The highest BCUT2D eigenvalue weighted by molar-refractivity contribution is 5.90. The molecule has 5 heteroatoms. The van der Waals surface area contributed by atoms with Crippen molar-refractivity contribution in [2.75, 3.05) is 13.2 Å². The van der Waals surface area contributed by atoms with Crippen LogP contribution < -0.4 is 5.32 Å². The fraction of sp³-hybridized carbons (Fsp3) is 0.600. The van der Waals surface area contributed by atoms with E-state index in [1.54, 1.807) is 4.90 Å². The number of piperidine rings is 1. The van der Waals surface area contributed by atoms with Gasteiger partial charge in [-0.25, -0.2) is 0 Å². The summed E-state index contributed by atoms with van der Waals surface area (Å²) >= 11 is 0. The van der Waals surface area contributed by atoms with Gasteiger partial charge in [-0.15, -0.1) is 0 Å². The van der Waals surface area contributed by atoms with Gasteiger partial charge in [-0.3, -0.25) is 9.59 Å². The number of carbonyl (C=O) groups is 2. The summed E-state index contributed by atoms with van der Waals surface area (Å²) in [5, 5.41) is 3.21. The van der Waals surface area contributed by atoms with Gasteiger partial charge in [-0.05, 0) is 56.1 Å². The predicted octanol–water partition coefficient (Wildman–Crippen LogP) is 2.35. The van der Waals surface area contributed by atoms with Gasteiger partial charge >= 0.3 is 0 Å². The van der Waals surface area contributed by atoms with Gasteiger partial charge < -0.3 is 15.0 Å². The first-order valence-electron chi connectivity index (χ1n) is 9.54. The van der Waals surface area contributed by atoms with E-state index in [4.69, 9.17) is 4.74 Å². The van der Waals surface area contributed by atoms with Crippen LogP contribution in [0.25, 0.3) is 0 Å². The molecule has 5 nitrogen and oxygen atoms in total. The van der Waals surface area contributed by atoms with E-state index in [1.807, 2.05) is 12.1 Å². The molecule has 1 aliphatic carbocycles. The van der Waals surface area contributed by atoms with Crippen molar-refractivity contribution < 1.29 is 14.3 Å². The highest BCUT2D eigenvalue weighted by Gasteiger charge is 2.38. The maximum absolute atomic E-state index is 12.9. The smallest absolute Gasteiger partial charge is 0.252 e. The molecule has 2 heterocycles. The molecule has 0 bridgehead atoms. The lowest BCUT2D eigenvalue weighted by molar-refractivity contribution is -0.149. The van der Waals surface area contributed by atoms with E-state index in [0.717, 1.165) is 44.9 Å². The van der Waals surface area contributed by atoms with Crippen LogP contribution in [-0.4, -0.2) is 42.0 Å². The lowest BCUT2D eigenvalue weighted by Gasteiger charge is -2.36. The van der Waals surface area contributed by atoms with Gasteiger partial charge in [0, 0.05) is 13.2 Å². The van der Waals surface area contributed by atoms with E-state index < -0.39 is 0 Å². The Bertz CT molecular complexity index is 654. The van der Waals surface area contributed by atoms with Gasteiger partial charge in [0.1, 0.15) is 12.1 Å². The second kappa shape index (κ2) is 7.16. The Kier molecular flexibility index (Phi) is 4.75. The highest BCUT2D eigenvalue weighted by Crippen LogP contribution is 2.31. The minimum absolute atomic E-state index is 0.00386. The number of nitrogens with zero attached hydrogens (tertiary/aromatic N) is 1. The molecule has 0 spiro atoms. The number of amides is 2. The average molecular weight is 342 g/mol. The molecule has 2 fully saturated rings. The van der Waals surface area contributed by atoms with E-state index in [2.05, 4.69) is 17.4 Å². The summed E-state index contributed by atoms with van der Waals surface area (Å²) in [6.07, 6.45) is 6.02. The van der Waals surface area contributed by atoms with Crippen molar-refractivity contribution in [3.8, 4) is 0 Å². The molecule has 3 atom stereocenters. The van der Waals surface area contributed by atoms with Gasteiger partial charge in [-0.2, -0.15) is 0 Å². The van der Waals surface area contributed by atoms with Crippen LogP contribution in [0.2, 0.25) is 0 Å². The number of aryl methyl sites for hydroxylation is 1. The number of hydrogen-bond acceptors (Lipinski definition) is 3. The lowest BCUT2D eigenvalue weighted by Crippen LogP contribution is -2.54. The van der Waals surface area contributed by atoms with Crippen LogP contribution >= 0.6 is 0 Å². The number of carbonyl (C=O) groups excluding carboxylic acids is 2. The summed E-state index contributed by atoms with van der Waals surface area (Å²) in [7, 11) is 0. The molecule has 2 saturated heterocycles. The number of hydrogen-bond donors (Lipinski definition) is 1. The van der Waals surface area contributed by atoms with E-state index in [9.17, 15) is 9.59 Å². The summed E-state index contributed by atoms with van der Waals surface area (Å²) in [6.45, 7) is 1.32. The Hall–Kier alpha value is -1.88. The van der Waals surface area contributed by atoms with Crippen LogP contribution in [0.5, 0.6) is 0 Å². The normalized spacial score (nSPS) is 28.6. The second-order valence-corrected chi connectivity index (χ2v) is 7.34. The Morgan fingerprint density at radius 3 is 2.80 bits per heavy atom. The van der Waals surface area contributed by atoms with Crippen molar-refractivity contribution >= 4 is 11.8 Å². The standard InChI is InChI=1S/C20H26N2O3/c23-19(21-16-11-10-14-6-1-2-7-15(14)16)17-8-3-4-12-22(17)20(24)18-9-5-13-25-18/h1-2,6-7,16-18H,3-5,8-13H2,(H,21,23). The molecule has 3 unspecified atom stereocenters. The van der Waals surface area contributed by atoms with Crippen LogP contribution in [0.1, 0.15) is 55.7 Å². The number of nitrogens with one attached hydrogen (secondary N) is 1. The second-order valence-electron chi connectivity index (χ2n) is 7.34. The molecule has 1 N–H and O–H groups in total. The average Bonchev–Trinajstić information content (AvgIpc) is 3.32. The number of benzene rings is 1. The Morgan fingerprint density at radius 1 is 1.08 bits per heavy atom. The number of fused-ring (bicyclic) bond motifs is 1. The summed E-state index contributed by atoms with van der Waals surface area (Å²) in [4.78, 5) is 27.5. The van der Waals surface area contributed by atoms with Crippen molar-refractivity contribution in [3.63, 3.8) is 0 Å². The monoisotopic (exact) mass is 342 g/mol. The van der Waals surface area contributed by atoms with Crippen LogP contribution in [0.4, 0.5) is 0 Å². The lowest BCUT2D eigenvalue weighted by atomic mass is 9.99. The maximum atomic E-state index is 12.9. The predicted molar refractivity (Wildman–Crippen MR) is 94.0 cm³/mol. The van der Waals surface area contributed by atoms with Gasteiger partial charge in [0.2, 0.25) is 5.91 Å². The van der Waals surface area contributed by atoms with Crippen molar-refractivity contribution in [1.29, 1.82) is 0 Å². The van der Waals surface area contributed by atoms with Crippen molar-refractivity contribution in [3.05, 3.63) is 35.4 Å². The fourth-order valence-electron chi connectivity index (χ4n) is 4.40. The molecule has 1 aromatic rings. The first-order chi connectivity index (χ1) is 12.2. The van der Waals surface area contributed by atoms with Crippen LogP contribution in [-0.2, 0) is 20.7 Å². The Labute approximate surface area is 148 Å². The molecule has 0 saturated carbocycles. The number of rotatable bonds is 3. The Balaban J connectivity index is 1.45. The largest absolute Gasteiger partial charge is 0.368 e. The van der Waals surface area contributed by atoms with Gasteiger partial charge in [0.25, 0.3) is 5.91 Å². The minimum Gasteiger partial charge on any atom is -0.368 e. The molecule has 0 radical (unpaired) electrons. The zero-order valence-electron chi connectivity index (χ0n) is 14.6. The van der Waals surface area contributed by atoms with Gasteiger partial charge in [0.05, 0.1) is 6.04 Å². The van der Waals surface area contributed by atoms with Crippen molar-refractivity contribution in [1.82, 2.24) is 10.2 Å². The first-order valence-corrected chi connectivity index (χ1v) is 9.54. The third-order valence-corrected chi connectivity index (χ3v) is 5.74. The van der Waals surface area contributed by atoms with Crippen LogP contribution in [0, 0.1) is 0 Å². The molecule has 2 aliphatic heterocycles. The quantitative estimate of drug-likeness (QED) is 0.917. The third kappa shape index (κ3) is 3.30. The van der Waals surface area contributed by atoms with E-state index in [-0.39, 0.29) is 30.0 Å². The zero-order valence-corrected chi connectivity index (χ0v) is 14.6. The molecule has 4 rings (SSSR count). The SMILES string of the molecule is O=C(NC1CCc2ccccc21)C1CCCCN1C(=O)C1CCCO1. The zero-order chi connectivity index (χ0) is 17.2. The van der Waals surface area contributed by atoms with Gasteiger partial charge in [0.15, 0.2) is 0 Å². The molecule has 25 heavy (non-hydrogen) atoms.